The number of aryl methyl sites for hydroxylation is 1. The lowest BCUT2D eigenvalue weighted by Crippen LogP contribution is -2.07. The first-order valence-electron chi connectivity index (χ1n) is 7.24. The molecule has 5 heteroatoms. The average molecular weight is 312 g/mol. The molecule has 0 fully saturated rings. The Labute approximate surface area is 133 Å². The molecule has 0 radical (unpaired) electrons. The molecule has 2 aromatic heterocycles. The van der Waals surface area contributed by atoms with Gasteiger partial charge < -0.3 is 9.09 Å². The Kier molecular flexibility index (Phi) is 3.12. The van der Waals surface area contributed by atoms with Gasteiger partial charge in [0.25, 0.3) is 0 Å². The Morgan fingerprint density at radius 2 is 2.18 bits per heavy atom. The largest absolute Gasteiger partial charge is 0.354 e. The van der Waals surface area contributed by atoms with Crippen molar-refractivity contribution >= 4 is 17.3 Å². The lowest BCUT2D eigenvalue weighted by atomic mass is 10.1. The summed E-state index contributed by atoms with van der Waals surface area (Å²) < 4.78 is 7.58. The van der Waals surface area contributed by atoms with E-state index in [1.807, 2.05) is 36.5 Å². The molecule has 0 atom stereocenters. The van der Waals surface area contributed by atoms with E-state index in [0.29, 0.717) is 12.3 Å². The monoisotopic (exact) mass is 311 g/mol. The van der Waals surface area contributed by atoms with Gasteiger partial charge in [0.2, 0.25) is 0 Å². The second-order valence-corrected chi connectivity index (χ2v) is 5.61. The van der Waals surface area contributed by atoms with Crippen molar-refractivity contribution in [2.24, 2.45) is 4.99 Å². The number of benzene rings is 1. The van der Waals surface area contributed by atoms with Gasteiger partial charge in [-0.05, 0) is 30.7 Å². The minimum atomic E-state index is 0.522. The van der Waals surface area contributed by atoms with Crippen LogP contribution in [0.25, 0.3) is 5.69 Å². The van der Waals surface area contributed by atoms with E-state index < -0.39 is 0 Å². The average Bonchev–Trinajstić information content (AvgIpc) is 3.16. The molecule has 1 aliphatic rings. The van der Waals surface area contributed by atoms with Gasteiger partial charge in [0.15, 0.2) is 5.76 Å². The zero-order chi connectivity index (χ0) is 15.1. The predicted molar refractivity (Wildman–Crippen MR) is 86.0 cm³/mol. The molecule has 3 heterocycles. The minimum absolute atomic E-state index is 0.522. The van der Waals surface area contributed by atoms with Gasteiger partial charge in [0, 0.05) is 22.8 Å². The van der Waals surface area contributed by atoms with Crippen LogP contribution in [-0.4, -0.2) is 15.4 Å². The molecule has 0 saturated heterocycles. The molecule has 0 amide bonds. The zero-order valence-electron chi connectivity index (χ0n) is 12.1. The molecule has 1 aliphatic heterocycles. The Morgan fingerprint density at radius 1 is 1.27 bits per heavy atom. The van der Waals surface area contributed by atoms with E-state index in [1.165, 1.54) is 0 Å². The maximum absolute atomic E-state index is 6.35. The molecule has 0 bridgehead atoms. The van der Waals surface area contributed by atoms with Crippen molar-refractivity contribution in [1.29, 1.82) is 0 Å². The van der Waals surface area contributed by atoms with Gasteiger partial charge in [-0.1, -0.05) is 29.7 Å². The highest BCUT2D eigenvalue weighted by atomic mass is 35.5. The van der Waals surface area contributed by atoms with Crippen LogP contribution in [0.15, 0.2) is 52.1 Å². The van der Waals surface area contributed by atoms with E-state index in [0.717, 1.165) is 39.8 Å². The van der Waals surface area contributed by atoms with Crippen LogP contribution >= 0.6 is 11.6 Å². The third-order valence-electron chi connectivity index (χ3n) is 3.89. The molecule has 0 saturated carbocycles. The van der Waals surface area contributed by atoms with Gasteiger partial charge >= 0.3 is 0 Å². The van der Waals surface area contributed by atoms with E-state index in [2.05, 4.69) is 22.7 Å². The van der Waals surface area contributed by atoms with Crippen LogP contribution in [0.4, 0.5) is 0 Å². The van der Waals surface area contributed by atoms with E-state index in [1.54, 1.807) is 0 Å². The molecule has 3 aromatic rings. The van der Waals surface area contributed by atoms with Crippen LogP contribution in [0.3, 0.4) is 0 Å². The number of nitrogens with zero attached hydrogens (tertiary/aromatic N) is 3. The summed E-state index contributed by atoms with van der Waals surface area (Å²) >= 11 is 6.35. The molecule has 22 heavy (non-hydrogen) atoms. The summed E-state index contributed by atoms with van der Waals surface area (Å²) in [5.74, 6) is 0.695. The van der Waals surface area contributed by atoms with E-state index in [4.69, 9.17) is 21.1 Å². The van der Waals surface area contributed by atoms with Gasteiger partial charge in [-0.25, -0.2) is 0 Å². The van der Waals surface area contributed by atoms with Crippen molar-refractivity contribution in [3.05, 3.63) is 70.3 Å². The lowest BCUT2D eigenvalue weighted by Gasteiger charge is -2.10. The zero-order valence-corrected chi connectivity index (χ0v) is 12.8. The Morgan fingerprint density at radius 3 is 3.00 bits per heavy atom. The van der Waals surface area contributed by atoms with Crippen molar-refractivity contribution in [1.82, 2.24) is 9.72 Å². The highest BCUT2D eigenvalue weighted by Gasteiger charge is 2.22. The van der Waals surface area contributed by atoms with Crippen molar-refractivity contribution in [3.8, 4) is 5.69 Å². The summed E-state index contributed by atoms with van der Waals surface area (Å²) in [6.45, 7) is 2.57. The highest BCUT2D eigenvalue weighted by molar-refractivity contribution is 6.31. The molecule has 0 unspecified atom stereocenters. The number of halogens is 1. The van der Waals surface area contributed by atoms with Crippen molar-refractivity contribution in [3.63, 3.8) is 0 Å². The van der Waals surface area contributed by atoms with Gasteiger partial charge in [-0.3, -0.25) is 4.99 Å². The minimum Gasteiger partial charge on any atom is -0.354 e. The number of hydrogen-bond acceptors (Lipinski definition) is 3. The molecule has 4 rings (SSSR count). The molecule has 0 N–H and O–H groups in total. The van der Waals surface area contributed by atoms with Crippen LogP contribution in [0.5, 0.6) is 0 Å². The number of fused-ring (bicyclic) bond motifs is 3. The number of hydrogen-bond donors (Lipinski definition) is 0. The van der Waals surface area contributed by atoms with Crippen LogP contribution in [-0.2, 0) is 13.0 Å². The van der Waals surface area contributed by atoms with E-state index in [9.17, 15) is 0 Å². The fraction of sp³-hybridized carbons (Fsp3) is 0.176. The number of rotatable bonds is 2. The Balaban J connectivity index is 1.92. The fourth-order valence-electron chi connectivity index (χ4n) is 2.75. The first kappa shape index (κ1) is 13.3. The lowest BCUT2D eigenvalue weighted by molar-refractivity contribution is 0.406. The first-order valence-corrected chi connectivity index (χ1v) is 7.61. The Hall–Kier alpha value is -2.33. The van der Waals surface area contributed by atoms with Gasteiger partial charge in [0.05, 0.1) is 23.6 Å². The number of aliphatic imine (C=N–C) groups is 1. The second kappa shape index (κ2) is 5.14. The first-order chi connectivity index (χ1) is 10.8. The molecule has 0 aliphatic carbocycles. The van der Waals surface area contributed by atoms with Crippen LogP contribution in [0.2, 0.25) is 5.02 Å². The van der Waals surface area contributed by atoms with Crippen LogP contribution in [0, 0.1) is 0 Å². The molecular formula is C17H14ClN3O. The van der Waals surface area contributed by atoms with Gasteiger partial charge in [-0.2, -0.15) is 0 Å². The standard InChI is InChI=1S/C17H14ClN3O/c1-2-11-9-16(22-20-11)17-15-7-4-8-21(15)14-6-3-5-13(18)12(14)10-19-17/h3-9H,2,10H2,1H3. The van der Waals surface area contributed by atoms with E-state index >= 15 is 0 Å². The molecule has 110 valence electrons. The van der Waals surface area contributed by atoms with Crippen molar-refractivity contribution in [2.45, 2.75) is 19.9 Å². The third-order valence-corrected chi connectivity index (χ3v) is 4.25. The topological polar surface area (TPSA) is 43.3 Å². The highest BCUT2D eigenvalue weighted by Crippen LogP contribution is 2.29. The third kappa shape index (κ3) is 1.99. The predicted octanol–water partition coefficient (Wildman–Crippen LogP) is 4.03. The van der Waals surface area contributed by atoms with Gasteiger partial charge in [-0.15, -0.1) is 0 Å². The summed E-state index contributed by atoms with van der Waals surface area (Å²) in [5.41, 5.74) is 4.80. The maximum Gasteiger partial charge on any atom is 0.187 e. The molecule has 1 aromatic carbocycles. The van der Waals surface area contributed by atoms with Gasteiger partial charge in [0.1, 0.15) is 5.71 Å². The van der Waals surface area contributed by atoms with Crippen LogP contribution < -0.4 is 0 Å². The fourth-order valence-corrected chi connectivity index (χ4v) is 2.98. The summed E-state index contributed by atoms with van der Waals surface area (Å²) in [5, 5.41) is 4.80. The van der Waals surface area contributed by atoms with E-state index in [-0.39, 0.29) is 0 Å². The quantitative estimate of drug-likeness (QED) is 0.717. The smallest absolute Gasteiger partial charge is 0.187 e. The molecular weight excluding hydrogens is 298 g/mol. The van der Waals surface area contributed by atoms with Crippen molar-refractivity contribution < 1.29 is 4.52 Å². The SMILES string of the molecule is CCc1cc(C2=NCc3c(Cl)cccc3-n3cccc32)on1. The number of aromatic nitrogens is 2. The molecule has 0 spiro atoms. The van der Waals surface area contributed by atoms with Crippen LogP contribution in [0.1, 0.15) is 29.6 Å². The summed E-state index contributed by atoms with van der Waals surface area (Å²) in [6.07, 6.45) is 2.85. The summed E-state index contributed by atoms with van der Waals surface area (Å²) in [4.78, 5) is 4.73. The summed E-state index contributed by atoms with van der Waals surface area (Å²) in [7, 11) is 0. The maximum atomic E-state index is 6.35. The summed E-state index contributed by atoms with van der Waals surface area (Å²) in [6, 6.07) is 11.9. The molecule has 4 nitrogen and oxygen atoms in total. The Bertz CT molecular complexity index is 876. The second-order valence-electron chi connectivity index (χ2n) is 5.20. The normalized spacial score (nSPS) is 13.3. The van der Waals surface area contributed by atoms with Crippen molar-refractivity contribution in [2.75, 3.05) is 0 Å².